The number of hydrogen-bond donors (Lipinski definition) is 1. The molecule has 194 valence electrons. The minimum atomic E-state index is -4.64. The van der Waals surface area contributed by atoms with Gasteiger partial charge in [-0.15, -0.1) is 0 Å². The lowest BCUT2D eigenvalue weighted by Gasteiger charge is -2.35. The van der Waals surface area contributed by atoms with E-state index in [1.165, 1.54) is 0 Å². The van der Waals surface area contributed by atoms with Crippen molar-refractivity contribution in [1.29, 1.82) is 5.26 Å². The predicted octanol–water partition coefficient (Wildman–Crippen LogP) is 2.03. The molecular weight excluding hydrogens is 479 g/mol. The summed E-state index contributed by atoms with van der Waals surface area (Å²) < 4.78 is 43.2. The van der Waals surface area contributed by atoms with Gasteiger partial charge in [-0.3, -0.25) is 9.59 Å². The van der Waals surface area contributed by atoms with Gasteiger partial charge in [-0.25, -0.2) is 10.1 Å². The van der Waals surface area contributed by atoms with E-state index in [2.05, 4.69) is 21.1 Å². The zero-order valence-corrected chi connectivity index (χ0v) is 19.9. The van der Waals surface area contributed by atoms with Crippen LogP contribution in [0.4, 0.5) is 24.7 Å². The van der Waals surface area contributed by atoms with Gasteiger partial charge in [-0.1, -0.05) is 0 Å². The van der Waals surface area contributed by atoms with Gasteiger partial charge in [0, 0.05) is 52.1 Å². The van der Waals surface area contributed by atoms with E-state index < -0.39 is 17.3 Å². The smallest absolute Gasteiger partial charge is 0.372 e. The molecule has 2 aromatic heterocycles. The van der Waals surface area contributed by atoms with Crippen molar-refractivity contribution in [2.45, 2.75) is 25.9 Å². The minimum Gasteiger partial charge on any atom is -0.372 e. The molecule has 2 aromatic rings. The van der Waals surface area contributed by atoms with Gasteiger partial charge in [0.05, 0.1) is 17.4 Å². The SMILES string of the molecule is CCOCC(=O)N1CCN(c2ccc(C#N)cn2)CC1.O=c1[nH]ncc(N2CCCC2)c1C(F)(F)F. The molecule has 1 N–H and O–H groups in total. The van der Waals surface area contributed by atoms with E-state index in [1.54, 1.807) is 17.2 Å². The Morgan fingerprint density at radius 3 is 2.36 bits per heavy atom. The molecule has 10 nitrogen and oxygen atoms in total. The molecule has 36 heavy (non-hydrogen) atoms. The summed E-state index contributed by atoms with van der Waals surface area (Å²) in [6.07, 6.45) is -0.333. The Labute approximate surface area is 206 Å². The number of pyridine rings is 1. The van der Waals surface area contributed by atoms with Crippen LogP contribution in [-0.2, 0) is 15.7 Å². The van der Waals surface area contributed by atoms with E-state index in [9.17, 15) is 22.8 Å². The van der Waals surface area contributed by atoms with Crippen molar-refractivity contribution >= 4 is 17.4 Å². The Morgan fingerprint density at radius 1 is 1.11 bits per heavy atom. The Hall–Kier alpha value is -3.66. The summed E-state index contributed by atoms with van der Waals surface area (Å²) in [4.78, 5) is 32.7. The monoisotopic (exact) mass is 507 g/mol. The molecule has 0 aliphatic carbocycles. The van der Waals surface area contributed by atoms with Crippen LogP contribution in [0.5, 0.6) is 0 Å². The highest BCUT2D eigenvalue weighted by Crippen LogP contribution is 2.34. The molecule has 0 spiro atoms. The molecule has 2 saturated heterocycles. The number of nitrogens with zero attached hydrogens (tertiary/aromatic N) is 6. The minimum absolute atomic E-state index is 0.0410. The molecular formula is C23H28F3N7O3. The molecule has 2 aliphatic rings. The quantitative estimate of drug-likeness (QED) is 0.653. The van der Waals surface area contributed by atoms with Crippen LogP contribution < -0.4 is 15.4 Å². The lowest BCUT2D eigenvalue weighted by Crippen LogP contribution is -2.50. The first-order valence-corrected chi connectivity index (χ1v) is 11.6. The number of carbonyl (C=O) groups is 1. The molecule has 4 rings (SSSR count). The van der Waals surface area contributed by atoms with Crippen LogP contribution in [0.2, 0.25) is 0 Å². The first kappa shape index (κ1) is 26.9. The second kappa shape index (κ2) is 12.3. The van der Waals surface area contributed by atoms with Gasteiger partial charge in [-0.2, -0.15) is 23.5 Å². The Balaban J connectivity index is 0.000000205. The van der Waals surface area contributed by atoms with Crippen molar-refractivity contribution in [3.63, 3.8) is 0 Å². The topological polar surface area (TPSA) is 118 Å². The van der Waals surface area contributed by atoms with Crippen molar-refractivity contribution in [1.82, 2.24) is 20.1 Å². The number of nitrogens with one attached hydrogen (secondary N) is 1. The normalized spacial score (nSPS) is 15.8. The van der Waals surface area contributed by atoms with Gasteiger partial charge in [0.15, 0.2) is 0 Å². The van der Waals surface area contributed by atoms with E-state index in [0.29, 0.717) is 38.3 Å². The number of hydrogen-bond acceptors (Lipinski definition) is 8. The van der Waals surface area contributed by atoms with Crippen molar-refractivity contribution in [3.05, 3.63) is 46.0 Å². The number of halogens is 3. The van der Waals surface area contributed by atoms with Gasteiger partial charge in [0.1, 0.15) is 24.1 Å². The van der Waals surface area contributed by atoms with E-state index in [4.69, 9.17) is 10.00 Å². The molecule has 0 bridgehead atoms. The largest absolute Gasteiger partial charge is 0.423 e. The Morgan fingerprint density at radius 2 is 1.81 bits per heavy atom. The Bertz CT molecular complexity index is 1100. The number of ether oxygens (including phenoxy) is 1. The van der Waals surface area contributed by atoms with Gasteiger partial charge in [0.2, 0.25) is 5.91 Å². The van der Waals surface area contributed by atoms with Crippen LogP contribution in [0.15, 0.2) is 29.3 Å². The average molecular weight is 508 g/mol. The summed E-state index contributed by atoms with van der Waals surface area (Å²) >= 11 is 0. The van der Waals surface area contributed by atoms with E-state index in [0.717, 1.165) is 37.9 Å². The summed E-state index contributed by atoms with van der Waals surface area (Å²) in [7, 11) is 0. The number of piperazine rings is 1. The van der Waals surface area contributed by atoms with Gasteiger partial charge >= 0.3 is 6.18 Å². The maximum Gasteiger partial charge on any atom is 0.423 e. The van der Waals surface area contributed by atoms with E-state index in [1.807, 2.05) is 23.0 Å². The number of anilines is 2. The van der Waals surface area contributed by atoms with Crippen LogP contribution in [0.3, 0.4) is 0 Å². The summed E-state index contributed by atoms with van der Waals surface area (Å²) in [6.45, 7) is 6.51. The number of aromatic amines is 1. The number of nitriles is 1. The summed E-state index contributed by atoms with van der Waals surface area (Å²) in [5.74, 6) is 0.889. The third-order valence-electron chi connectivity index (χ3n) is 5.83. The van der Waals surface area contributed by atoms with Crippen molar-refractivity contribution in [2.75, 3.05) is 62.3 Å². The third-order valence-corrected chi connectivity index (χ3v) is 5.83. The molecule has 2 fully saturated rings. The van der Waals surface area contributed by atoms with Crippen LogP contribution >= 0.6 is 0 Å². The van der Waals surface area contributed by atoms with Crippen molar-refractivity contribution in [3.8, 4) is 6.07 Å². The fraction of sp³-hybridized carbons (Fsp3) is 0.522. The van der Waals surface area contributed by atoms with Crippen LogP contribution in [-0.4, -0.2) is 78.5 Å². The van der Waals surface area contributed by atoms with Crippen LogP contribution in [0.1, 0.15) is 30.9 Å². The summed E-state index contributed by atoms with van der Waals surface area (Å²) in [6, 6.07) is 5.65. The predicted molar refractivity (Wildman–Crippen MR) is 126 cm³/mol. The number of carbonyl (C=O) groups excluding carboxylic acids is 1. The Kier molecular flexibility index (Phi) is 9.24. The number of H-pyrrole nitrogens is 1. The van der Waals surface area contributed by atoms with Gasteiger partial charge < -0.3 is 19.4 Å². The third kappa shape index (κ3) is 6.94. The average Bonchev–Trinajstić information content (AvgIpc) is 3.42. The lowest BCUT2D eigenvalue weighted by atomic mass is 10.2. The molecule has 2 aliphatic heterocycles. The fourth-order valence-electron chi connectivity index (χ4n) is 3.97. The zero-order valence-electron chi connectivity index (χ0n) is 19.9. The highest BCUT2D eigenvalue weighted by molar-refractivity contribution is 5.77. The zero-order chi connectivity index (χ0) is 26.1. The molecule has 4 heterocycles. The van der Waals surface area contributed by atoms with Crippen molar-refractivity contribution < 1.29 is 22.7 Å². The number of aromatic nitrogens is 3. The van der Waals surface area contributed by atoms with Crippen LogP contribution in [0, 0.1) is 11.3 Å². The fourth-order valence-corrected chi connectivity index (χ4v) is 3.97. The molecule has 13 heteroatoms. The number of alkyl halides is 3. The highest BCUT2D eigenvalue weighted by Gasteiger charge is 2.39. The van der Waals surface area contributed by atoms with Gasteiger partial charge in [-0.05, 0) is 31.9 Å². The summed E-state index contributed by atoms with van der Waals surface area (Å²) in [5, 5.41) is 14.0. The first-order chi connectivity index (χ1) is 17.2. The maximum absolute atomic E-state index is 12.7. The number of rotatable bonds is 5. The van der Waals surface area contributed by atoms with E-state index >= 15 is 0 Å². The molecule has 1 amide bonds. The van der Waals surface area contributed by atoms with Crippen molar-refractivity contribution in [2.24, 2.45) is 0 Å². The highest BCUT2D eigenvalue weighted by atomic mass is 19.4. The molecule has 0 unspecified atom stereocenters. The molecule has 0 atom stereocenters. The molecule has 0 saturated carbocycles. The van der Waals surface area contributed by atoms with E-state index in [-0.39, 0.29) is 18.2 Å². The van der Waals surface area contributed by atoms with Gasteiger partial charge in [0.25, 0.3) is 5.56 Å². The summed E-state index contributed by atoms with van der Waals surface area (Å²) in [5.41, 5.74) is -1.89. The molecule has 0 aromatic carbocycles. The lowest BCUT2D eigenvalue weighted by molar-refractivity contribution is -0.138. The second-order valence-electron chi connectivity index (χ2n) is 8.17. The number of amides is 1. The standard InChI is InChI=1S/C14H18N4O2.C9H10F3N3O/c1-2-20-11-14(19)18-7-5-17(6-8-18)13-4-3-12(9-15)10-16-13;10-9(11,12)7-6(5-13-14-8(7)16)15-3-1-2-4-15/h3-4,10H,2,5-8,11H2,1H3;5H,1-4H2,(H,14,16). The maximum atomic E-state index is 12.7. The molecule has 0 radical (unpaired) electrons. The first-order valence-electron chi connectivity index (χ1n) is 11.6. The second-order valence-corrected chi connectivity index (χ2v) is 8.17. The van der Waals surface area contributed by atoms with Crippen LogP contribution in [0.25, 0.3) is 0 Å².